The van der Waals surface area contributed by atoms with Crippen LogP contribution in [0.15, 0.2) is 25.3 Å². The smallest absolute Gasteiger partial charge is 0.247 e. The zero-order chi connectivity index (χ0) is 26.8. The second kappa shape index (κ2) is 11.7. The van der Waals surface area contributed by atoms with Gasteiger partial charge in [-0.1, -0.05) is 46.3 Å². The summed E-state index contributed by atoms with van der Waals surface area (Å²) in [4.78, 5) is 47.5. The first-order valence-corrected chi connectivity index (χ1v) is 14.3. The summed E-state index contributed by atoms with van der Waals surface area (Å²) in [6, 6.07) is -1.16. The molecule has 202 valence electrons. The Hall–Kier alpha value is -1.80. The van der Waals surface area contributed by atoms with Gasteiger partial charge < -0.3 is 19.8 Å². The fraction of sp³-hybridized carbons (Fsp3) is 0.750. The van der Waals surface area contributed by atoms with E-state index in [9.17, 15) is 19.5 Å². The highest BCUT2D eigenvalue weighted by atomic mass is 32.2. The van der Waals surface area contributed by atoms with Crippen molar-refractivity contribution in [3.05, 3.63) is 25.3 Å². The molecule has 3 aliphatic heterocycles. The summed E-state index contributed by atoms with van der Waals surface area (Å²) >= 11 is 1.69. The number of aliphatic hydroxyl groups is 1. The molecule has 3 amide bonds. The molecule has 3 fully saturated rings. The number of fused-ring (bicyclic) bond motifs is 1. The summed E-state index contributed by atoms with van der Waals surface area (Å²) in [7, 11) is 1.75. The van der Waals surface area contributed by atoms with Crippen LogP contribution in [0.3, 0.4) is 0 Å². The number of hydrogen-bond donors (Lipinski definition) is 1. The number of likely N-dealkylation sites (tertiary alicyclic amines) is 1. The van der Waals surface area contributed by atoms with E-state index >= 15 is 0 Å². The van der Waals surface area contributed by atoms with E-state index in [4.69, 9.17) is 0 Å². The molecule has 3 saturated heterocycles. The first-order valence-electron chi connectivity index (χ1n) is 13.5. The van der Waals surface area contributed by atoms with Gasteiger partial charge in [-0.3, -0.25) is 14.4 Å². The minimum absolute atomic E-state index is 0.00679. The highest BCUT2D eigenvalue weighted by Gasteiger charge is 2.76. The average Bonchev–Trinajstić information content (AvgIpc) is 3.43. The van der Waals surface area contributed by atoms with Crippen molar-refractivity contribution in [1.29, 1.82) is 0 Å². The third kappa shape index (κ3) is 4.75. The first kappa shape index (κ1) is 28.8. The van der Waals surface area contributed by atoms with Gasteiger partial charge in [-0.15, -0.1) is 24.9 Å². The quantitative estimate of drug-likeness (QED) is 0.378. The fourth-order valence-corrected chi connectivity index (χ4v) is 9.14. The van der Waals surface area contributed by atoms with Gasteiger partial charge in [0.25, 0.3) is 0 Å². The summed E-state index contributed by atoms with van der Waals surface area (Å²) in [6.45, 7) is 17.2. The van der Waals surface area contributed by atoms with E-state index in [1.54, 1.807) is 40.8 Å². The summed E-state index contributed by atoms with van der Waals surface area (Å²) < 4.78 is -0.676. The van der Waals surface area contributed by atoms with Crippen LogP contribution in [0.2, 0.25) is 0 Å². The van der Waals surface area contributed by atoms with Crippen molar-refractivity contribution in [1.82, 2.24) is 14.7 Å². The summed E-state index contributed by atoms with van der Waals surface area (Å²) in [5, 5.41) is 10.4. The SMILES string of the molecule is C=CCN(C)C(=O)[C@@H]1[C@@H]2CC(C)C3(S2)C(C(=O)N(CC=C)CCCC)N([C@@H](CO)CC(C)C)C(=O)[C@H]13. The van der Waals surface area contributed by atoms with Crippen molar-refractivity contribution in [3.63, 3.8) is 0 Å². The number of rotatable bonds is 13. The zero-order valence-corrected chi connectivity index (χ0v) is 23.5. The van der Waals surface area contributed by atoms with E-state index in [1.807, 2.05) is 4.90 Å². The van der Waals surface area contributed by atoms with E-state index in [1.165, 1.54) is 0 Å². The van der Waals surface area contributed by atoms with Gasteiger partial charge in [-0.05, 0) is 31.1 Å². The maximum absolute atomic E-state index is 14.4. The highest BCUT2D eigenvalue weighted by molar-refractivity contribution is 8.02. The molecule has 7 nitrogen and oxygen atoms in total. The number of unbranched alkanes of at least 4 members (excludes halogenated alkanes) is 1. The monoisotopic (exact) mass is 519 g/mol. The molecule has 36 heavy (non-hydrogen) atoms. The second-order valence-corrected chi connectivity index (χ2v) is 12.7. The van der Waals surface area contributed by atoms with Crippen LogP contribution >= 0.6 is 11.8 Å². The molecule has 0 saturated carbocycles. The summed E-state index contributed by atoms with van der Waals surface area (Å²) in [6.07, 6.45) is 6.65. The molecule has 0 aromatic rings. The van der Waals surface area contributed by atoms with Gasteiger partial charge in [0, 0.05) is 31.9 Å². The van der Waals surface area contributed by atoms with E-state index < -0.39 is 28.7 Å². The number of carbonyl (C=O) groups excluding carboxylic acids is 3. The van der Waals surface area contributed by atoms with Crippen LogP contribution in [0.4, 0.5) is 0 Å². The Morgan fingerprint density at radius 1 is 1.25 bits per heavy atom. The molecule has 3 heterocycles. The van der Waals surface area contributed by atoms with Crippen LogP contribution in [0.25, 0.3) is 0 Å². The van der Waals surface area contributed by atoms with Crippen LogP contribution in [0.1, 0.15) is 53.4 Å². The Balaban J connectivity index is 2.13. The number of amides is 3. The van der Waals surface area contributed by atoms with Crippen LogP contribution in [-0.4, -0.2) is 92.9 Å². The Bertz CT molecular complexity index is 864. The molecule has 3 unspecified atom stereocenters. The van der Waals surface area contributed by atoms with E-state index in [0.717, 1.165) is 19.3 Å². The molecule has 0 aromatic carbocycles. The standard InChI is InChI=1S/C28H45N3O4S/c1-8-11-14-30(13-10-3)27(35)24-28-19(6)16-21(36-28)22(25(33)29(7)12-9-2)23(28)26(34)31(24)20(17-32)15-18(4)5/h9-10,18-24,32H,2-3,8,11-17H2,1,4-7H3/t19?,20-,21+,22-,23+,24?,28?/m1/s1. The Labute approximate surface area is 221 Å². The van der Waals surface area contributed by atoms with Crippen molar-refractivity contribution in [2.45, 2.75) is 75.5 Å². The Morgan fingerprint density at radius 3 is 2.47 bits per heavy atom. The largest absolute Gasteiger partial charge is 0.394 e. The van der Waals surface area contributed by atoms with Crippen LogP contribution < -0.4 is 0 Å². The lowest BCUT2D eigenvalue weighted by Gasteiger charge is -2.42. The van der Waals surface area contributed by atoms with Gasteiger partial charge in [0.1, 0.15) is 6.04 Å². The molecule has 0 aromatic heterocycles. The van der Waals surface area contributed by atoms with Gasteiger partial charge in [0.2, 0.25) is 17.7 Å². The Morgan fingerprint density at radius 2 is 1.92 bits per heavy atom. The lowest BCUT2D eigenvalue weighted by Crippen LogP contribution is -2.59. The lowest BCUT2D eigenvalue weighted by atomic mass is 9.65. The Kier molecular flexibility index (Phi) is 9.36. The number of thioether (sulfide) groups is 1. The third-order valence-corrected chi connectivity index (χ3v) is 10.3. The first-order chi connectivity index (χ1) is 17.1. The van der Waals surface area contributed by atoms with Gasteiger partial charge >= 0.3 is 0 Å². The summed E-state index contributed by atoms with van der Waals surface area (Å²) in [5.74, 6) is -0.961. The van der Waals surface area contributed by atoms with Crippen LogP contribution in [0, 0.1) is 23.7 Å². The normalized spacial score (nSPS) is 31.5. The van der Waals surface area contributed by atoms with E-state index in [2.05, 4.69) is 40.9 Å². The molecule has 3 rings (SSSR count). The molecule has 2 bridgehead atoms. The predicted molar refractivity (Wildman–Crippen MR) is 145 cm³/mol. The molecule has 1 spiro atoms. The molecule has 8 heteroatoms. The average molecular weight is 520 g/mol. The van der Waals surface area contributed by atoms with Crippen molar-refractivity contribution < 1.29 is 19.5 Å². The maximum atomic E-state index is 14.4. The van der Waals surface area contributed by atoms with Crippen molar-refractivity contribution >= 4 is 29.5 Å². The number of hydrogen-bond acceptors (Lipinski definition) is 5. The highest BCUT2D eigenvalue weighted by Crippen LogP contribution is 2.69. The summed E-state index contributed by atoms with van der Waals surface area (Å²) in [5.41, 5.74) is 0. The number of carbonyl (C=O) groups is 3. The van der Waals surface area contributed by atoms with Gasteiger partial charge in [0.15, 0.2) is 0 Å². The second-order valence-electron chi connectivity index (χ2n) is 11.2. The van der Waals surface area contributed by atoms with Gasteiger partial charge in [0.05, 0.1) is 29.2 Å². The van der Waals surface area contributed by atoms with Crippen molar-refractivity contribution in [3.8, 4) is 0 Å². The maximum Gasteiger partial charge on any atom is 0.247 e. The topological polar surface area (TPSA) is 81.2 Å². The third-order valence-electron chi connectivity index (χ3n) is 8.27. The van der Waals surface area contributed by atoms with Crippen LogP contribution in [0.5, 0.6) is 0 Å². The molecule has 7 atom stereocenters. The van der Waals surface area contributed by atoms with Crippen LogP contribution in [-0.2, 0) is 14.4 Å². The van der Waals surface area contributed by atoms with Crippen molar-refractivity contribution in [2.24, 2.45) is 23.7 Å². The van der Waals surface area contributed by atoms with Gasteiger partial charge in [-0.25, -0.2) is 0 Å². The molecule has 0 aliphatic carbocycles. The molecular weight excluding hydrogens is 474 g/mol. The zero-order valence-electron chi connectivity index (χ0n) is 22.7. The van der Waals surface area contributed by atoms with E-state index in [0.29, 0.717) is 26.1 Å². The van der Waals surface area contributed by atoms with E-state index in [-0.39, 0.29) is 41.4 Å². The number of likely N-dealkylation sites (N-methyl/N-ethyl adjacent to an activating group) is 1. The molecule has 0 radical (unpaired) electrons. The minimum atomic E-state index is -0.699. The van der Waals surface area contributed by atoms with Crippen molar-refractivity contribution in [2.75, 3.05) is 33.3 Å². The number of nitrogens with zero attached hydrogens (tertiary/aromatic N) is 3. The molecular formula is C28H45N3O4S. The predicted octanol–water partition coefficient (Wildman–Crippen LogP) is 3.19. The van der Waals surface area contributed by atoms with Gasteiger partial charge in [-0.2, -0.15) is 0 Å². The minimum Gasteiger partial charge on any atom is -0.394 e. The lowest BCUT2D eigenvalue weighted by molar-refractivity contribution is -0.147. The fourth-order valence-electron chi connectivity index (χ4n) is 6.74. The molecule has 1 N–H and O–H groups in total. The molecule has 3 aliphatic rings. The number of aliphatic hydroxyl groups excluding tert-OH is 1.